The van der Waals surface area contributed by atoms with E-state index in [1.165, 1.54) is 18.9 Å². The zero-order valence-electron chi connectivity index (χ0n) is 14.8. The second-order valence-electron chi connectivity index (χ2n) is 6.79. The van der Waals surface area contributed by atoms with Gasteiger partial charge >= 0.3 is 0 Å². The quantitative estimate of drug-likeness (QED) is 0.578. The molecule has 1 unspecified atom stereocenters. The molecule has 0 bridgehead atoms. The maximum absolute atomic E-state index is 12.6. The minimum atomic E-state index is -0.482. The molecule has 6 nitrogen and oxygen atoms in total. The Hall–Kier alpha value is -2.73. The third kappa shape index (κ3) is 4.67. The lowest BCUT2D eigenvalue weighted by atomic mass is 10.1. The minimum absolute atomic E-state index is 0.0919. The van der Waals surface area contributed by atoms with Crippen molar-refractivity contribution in [3.8, 4) is 0 Å². The maximum atomic E-state index is 12.6. The Balaban J connectivity index is 1.70. The van der Waals surface area contributed by atoms with E-state index in [1.54, 1.807) is 18.2 Å². The summed E-state index contributed by atoms with van der Waals surface area (Å²) < 4.78 is 0. The number of nitro groups is 1. The van der Waals surface area contributed by atoms with E-state index in [0.717, 1.165) is 5.56 Å². The summed E-state index contributed by atoms with van der Waals surface area (Å²) in [5, 5.41) is 13.8. The van der Waals surface area contributed by atoms with Crippen molar-refractivity contribution in [2.24, 2.45) is 5.92 Å². The normalized spacial score (nSPS) is 14.8. The summed E-state index contributed by atoms with van der Waals surface area (Å²) in [6, 6.07) is 16.6. The highest BCUT2D eigenvalue weighted by molar-refractivity contribution is 5.94. The molecule has 0 radical (unpaired) electrons. The summed E-state index contributed by atoms with van der Waals surface area (Å²) in [5.41, 5.74) is 1.30. The lowest BCUT2D eigenvalue weighted by molar-refractivity contribution is -0.383. The number of anilines is 1. The SMILES string of the molecule is CC(C1CC1)N(CC(=O)Nc1ccccc1[N+](=O)[O-])Cc1ccccc1. The number of nitrogens with zero attached hydrogens (tertiary/aromatic N) is 2. The van der Waals surface area contributed by atoms with Gasteiger partial charge in [0.2, 0.25) is 5.91 Å². The van der Waals surface area contributed by atoms with Crippen LogP contribution in [0.5, 0.6) is 0 Å². The van der Waals surface area contributed by atoms with Crippen molar-refractivity contribution in [2.75, 3.05) is 11.9 Å². The average Bonchev–Trinajstić information content (AvgIpc) is 3.47. The molecule has 0 heterocycles. The lowest BCUT2D eigenvalue weighted by Gasteiger charge is -2.28. The second-order valence-corrected chi connectivity index (χ2v) is 6.79. The van der Waals surface area contributed by atoms with Gasteiger partial charge < -0.3 is 5.32 Å². The van der Waals surface area contributed by atoms with Gasteiger partial charge in [0.15, 0.2) is 0 Å². The molecule has 1 amide bonds. The van der Waals surface area contributed by atoms with E-state index in [2.05, 4.69) is 17.1 Å². The number of amides is 1. The molecular formula is C20H23N3O3. The topological polar surface area (TPSA) is 75.5 Å². The minimum Gasteiger partial charge on any atom is -0.319 e. The molecule has 0 aromatic heterocycles. The molecule has 2 aromatic rings. The fourth-order valence-electron chi connectivity index (χ4n) is 3.15. The molecule has 136 valence electrons. The summed E-state index contributed by atoms with van der Waals surface area (Å²) in [4.78, 5) is 25.3. The largest absolute Gasteiger partial charge is 0.319 e. The van der Waals surface area contributed by atoms with Crippen LogP contribution >= 0.6 is 0 Å². The van der Waals surface area contributed by atoms with Gasteiger partial charge in [0.1, 0.15) is 5.69 Å². The van der Waals surface area contributed by atoms with Gasteiger partial charge in [-0.05, 0) is 37.3 Å². The number of para-hydroxylation sites is 2. The molecule has 2 aromatic carbocycles. The first kappa shape index (κ1) is 18.1. The highest BCUT2D eigenvalue weighted by Crippen LogP contribution is 2.35. The third-order valence-corrected chi connectivity index (χ3v) is 4.83. The van der Waals surface area contributed by atoms with Crippen molar-refractivity contribution in [1.29, 1.82) is 0 Å². The Labute approximate surface area is 153 Å². The molecule has 0 saturated heterocycles. The van der Waals surface area contributed by atoms with Crippen LogP contribution in [0.25, 0.3) is 0 Å². The Kier molecular flexibility index (Phi) is 5.63. The smallest absolute Gasteiger partial charge is 0.292 e. The van der Waals surface area contributed by atoms with Gasteiger partial charge in [-0.3, -0.25) is 19.8 Å². The van der Waals surface area contributed by atoms with Crippen LogP contribution in [-0.4, -0.2) is 28.3 Å². The summed E-state index contributed by atoms with van der Waals surface area (Å²) in [6.07, 6.45) is 2.39. The first-order chi connectivity index (χ1) is 12.5. The summed E-state index contributed by atoms with van der Waals surface area (Å²) in [7, 11) is 0. The summed E-state index contributed by atoms with van der Waals surface area (Å²) in [6.45, 7) is 3.04. The van der Waals surface area contributed by atoms with Gasteiger partial charge in [-0.15, -0.1) is 0 Å². The van der Waals surface area contributed by atoms with Gasteiger partial charge in [-0.1, -0.05) is 42.5 Å². The van der Waals surface area contributed by atoms with Crippen molar-refractivity contribution in [3.63, 3.8) is 0 Å². The Morgan fingerprint density at radius 1 is 1.19 bits per heavy atom. The van der Waals surface area contributed by atoms with Crippen LogP contribution in [0.4, 0.5) is 11.4 Å². The Morgan fingerprint density at radius 3 is 2.50 bits per heavy atom. The molecule has 1 N–H and O–H groups in total. The van der Waals surface area contributed by atoms with E-state index in [4.69, 9.17) is 0 Å². The molecular weight excluding hydrogens is 330 g/mol. The van der Waals surface area contributed by atoms with Gasteiger partial charge in [-0.25, -0.2) is 0 Å². The number of carbonyl (C=O) groups excluding carboxylic acids is 1. The Morgan fingerprint density at radius 2 is 1.85 bits per heavy atom. The van der Waals surface area contributed by atoms with E-state index in [-0.39, 0.29) is 23.8 Å². The molecule has 3 rings (SSSR count). The zero-order chi connectivity index (χ0) is 18.5. The lowest BCUT2D eigenvalue weighted by Crippen LogP contribution is -2.40. The van der Waals surface area contributed by atoms with Crippen LogP contribution in [-0.2, 0) is 11.3 Å². The monoisotopic (exact) mass is 353 g/mol. The number of rotatable bonds is 8. The van der Waals surface area contributed by atoms with Crippen LogP contribution in [0.3, 0.4) is 0 Å². The van der Waals surface area contributed by atoms with E-state index in [9.17, 15) is 14.9 Å². The molecule has 1 saturated carbocycles. The number of hydrogen-bond donors (Lipinski definition) is 1. The highest BCUT2D eigenvalue weighted by atomic mass is 16.6. The van der Waals surface area contributed by atoms with Gasteiger partial charge in [-0.2, -0.15) is 0 Å². The fourth-order valence-corrected chi connectivity index (χ4v) is 3.15. The predicted octanol–water partition coefficient (Wildman–Crippen LogP) is 3.83. The number of nitrogens with one attached hydrogen (secondary N) is 1. The molecule has 6 heteroatoms. The number of hydrogen-bond acceptors (Lipinski definition) is 4. The number of carbonyl (C=O) groups is 1. The van der Waals surface area contributed by atoms with Gasteiger partial charge in [0.25, 0.3) is 5.69 Å². The molecule has 1 fully saturated rings. The number of benzene rings is 2. The van der Waals surface area contributed by atoms with Crippen LogP contribution in [0.1, 0.15) is 25.3 Å². The maximum Gasteiger partial charge on any atom is 0.292 e. The first-order valence-electron chi connectivity index (χ1n) is 8.86. The molecule has 0 aliphatic heterocycles. The van der Waals surface area contributed by atoms with Crippen LogP contribution < -0.4 is 5.32 Å². The molecule has 1 aliphatic carbocycles. The molecule has 26 heavy (non-hydrogen) atoms. The molecule has 1 aliphatic rings. The average molecular weight is 353 g/mol. The van der Waals surface area contributed by atoms with E-state index >= 15 is 0 Å². The summed E-state index contributed by atoms with van der Waals surface area (Å²) in [5.74, 6) is 0.389. The highest BCUT2D eigenvalue weighted by Gasteiger charge is 2.33. The molecule has 0 spiro atoms. The van der Waals surface area contributed by atoms with Crippen molar-refractivity contribution in [1.82, 2.24) is 4.90 Å². The standard InChI is InChI=1S/C20H23N3O3/c1-15(17-11-12-17)22(13-16-7-3-2-4-8-16)14-20(24)21-18-9-5-6-10-19(18)23(25)26/h2-10,15,17H,11-14H2,1H3,(H,21,24). The number of nitro benzene ring substituents is 1. The predicted molar refractivity (Wildman–Crippen MR) is 101 cm³/mol. The van der Waals surface area contributed by atoms with Crippen molar-refractivity contribution in [3.05, 3.63) is 70.3 Å². The first-order valence-corrected chi connectivity index (χ1v) is 8.86. The van der Waals surface area contributed by atoms with E-state index in [1.807, 2.05) is 30.3 Å². The fraction of sp³-hybridized carbons (Fsp3) is 0.350. The van der Waals surface area contributed by atoms with Crippen molar-refractivity contribution < 1.29 is 9.72 Å². The third-order valence-electron chi connectivity index (χ3n) is 4.83. The van der Waals surface area contributed by atoms with Gasteiger partial charge in [0.05, 0.1) is 11.5 Å². The van der Waals surface area contributed by atoms with Crippen LogP contribution in [0.15, 0.2) is 54.6 Å². The van der Waals surface area contributed by atoms with Crippen molar-refractivity contribution >= 4 is 17.3 Å². The van der Waals surface area contributed by atoms with Crippen LogP contribution in [0.2, 0.25) is 0 Å². The molecule has 1 atom stereocenters. The van der Waals surface area contributed by atoms with E-state index in [0.29, 0.717) is 18.5 Å². The Bertz CT molecular complexity index is 775. The van der Waals surface area contributed by atoms with Gasteiger partial charge in [0, 0.05) is 18.7 Å². The zero-order valence-corrected chi connectivity index (χ0v) is 14.8. The second kappa shape index (κ2) is 8.10. The van der Waals surface area contributed by atoms with Crippen molar-refractivity contribution in [2.45, 2.75) is 32.4 Å². The summed E-state index contributed by atoms with van der Waals surface area (Å²) >= 11 is 0. The van der Waals surface area contributed by atoms with E-state index < -0.39 is 4.92 Å². The van der Waals surface area contributed by atoms with Crippen LogP contribution in [0, 0.1) is 16.0 Å².